The van der Waals surface area contributed by atoms with Gasteiger partial charge in [0, 0.05) is 32.6 Å². The molecule has 0 radical (unpaired) electrons. The summed E-state index contributed by atoms with van der Waals surface area (Å²) in [5.41, 5.74) is -0.822. The van der Waals surface area contributed by atoms with E-state index in [9.17, 15) is 9.59 Å². The van der Waals surface area contributed by atoms with Crippen molar-refractivity contribution in [1.82, 2.24) is 20.0 Å². The van der Waals surface area contributed by atoms with E-state index in [1.807, 2.05) is 7.05 Å². The van der Waals surface area contributed by atoms with Gasteiger partial charge in [0.1, 0.15) is 5.82 Å². The number of anilines is 1. The van der Waals surface area contributed by atoms with Crippen LogP contribution >= 0.6 is 0 Å². The highest BCUT2D eigenvalue weighted by atomic mass is 16.5. The first-order chi connectivity index (χ1) is 10.4. The van der Waals surface area contributed by atoms with Crippen molar-refractivity contribution in [1.29, 1.82) is 0 Å². The van der Waals surface area contributed by atoms with Crippen molar-refractivity contribution < 1.29 is 14.3 Å². The van der Waals surface area contributed by atoms with E-state index in [4.69, 9.17) is 4.74 Å². The summed E-state index contributed by atoms with van der Waals surface area (Å²) in [6.07, 6.45) is 1.60. The molecule has 22 heavy (non-hydrogen) atoms. The maximum Gasteiger partial charge on any atom is 0.253 e. The lowest BCUT2D eigenvalue weighted by Crippen LogP contribution is -2.57. The van der Waals surface area contributed by atoms with Crippen LogP contribution in [-0.4, -0.2) is 65.4 Å². The van der Waals surface area contributed by atoms with E-state index >= 15 is 0 Å². The zero-order valence-electron chi connectivity index (χ0n) is 13.3. The molecule has 0 unspecified atom stereocenters. The van der Waals surface area contributed by atoms with E-state index in [0.29, 0.717) is 32.1 Å². The van der Waals surface area contributed by atoms with Gasteiger partial charge in [0.05, 0.1) is 19.3 Å². The van der Waals surface area contributed by atoms with E-state index in [2.05, 4.69) is 20.6 Å². The molecule has 1 saturated heterocycles. The number of carbonyl (C=O) groups is 2. The van der Waals surface area contributed by atoms with Gasteiger partial charge in [-0.3, -0.25) is 9.59 Å². The highest BCUT2D eigenvalue weighted by Crippen LogP contribution is 2.16. The Morgan fingerprint density at radius 2 is 2.27 bits per heavy atom. The van der Waals surface area contributed by atoms with Crippen molar-refractivity contribution in [2.24, 2.45) is 0 Å². The average Bonchev–Trinajstić information content (AvgIpc) is 2.85. The Labute approximate surface area is 129 Å². The third-order valence-electron chi connectivity index (χ3n) is 3.58. The van der Waals surface area contributed by atoms with Crippen molar-refractivity contribution in [3.63, 3.8) is 0 Å². The normalized spacial score (nSPS) is 22.3. The number of aromatic nitrogens is 2. The van der Waals surface area contributed by atoms with Crippen LogP contribution in [0.3, 0.4) is 0 Å². The fourth-order valence-corrected chi connectivity index (χ4v) is 2.46. The Morgan fingerprint density at radius 3 is 2.95 bits per heavy atom. The molecule has 1 aliphatic rings. The van der Waals surface area contributed by atoms with Crippen LogP contribution < -0.4 is 10.6 Å². The lowest BCUT2D eigenvalue weighted by atomic mass is 10.0. The van der Waals surface area contributed by atoms with Crippen molar-refractivity contribution >= 4 is 17.6 Å². The van der Waals surface area contributed by atoms with Crippen LogP contribution in [0.15, 0.2) is 12.3 Å². The zero-order chi connectivity index (χ0) is 16.2. The highest BCUT2D eigenvalue weighted by Gasteiger charge is 2.37. The quantitative estimate of drug-likeness (QED) is 0.778. The van der Waals surface area contributed by atoms with Crippen LogP contribution in [0.25, 0.3) is 0 Å². The predicted molar refractivity (Wildman–Crippen MR) is 81.4 cm³/mol. The molecule has 122 valence electrons. The first-order valence-corrected chi connectivity index (χ1v) is 7.31. The van der Waals surface area contributed by atoms with Crippen LogP contribution in [0.4, 0.5) is 5.82 Å². The fourth-order valence-electron chi connectivity index (χ4n) is 2.46. The number of rotatable bonds is 5. The van der Waals surface area contributed by atoms with E-state index in [0.717, 1.165) is 6.54 Å². The minimum atomic E-state index is -0.822. The Kier molecular flexibility index (Phi) is 5.15. The molecule has 8 nitrogen and oxygen atoms in total. The Hall–Kier alpha value is -1.93. The predicted octanol–water partition coefficient (Wildman–Crippen LogP) is -0.322. The lowest BCUT2D eigenvalue weighted by molar-refractivity contribution is -0.155. The molecule has 1 aromatic heterocycles. The van der Waals surface area contributed by atoms with Gasteiger partial charge in [0.25, 0.3) is 5.91 Å². The van der Waals surface area contributed by atoms with Crippen LogP contribution in [0, 0.1) is 0 Å². The van der Waals surface area contributed by atoms with Crippen LogP contribution in [-0.2, 0) is 20.9 Å². The number of hydrogen-bond acceptors (Lipinski definition) is 5. The number of morpholine rings is 1. The molecule has 1 aromatic rings. The summed E-state index contributed by atoms with van der Waals surface area (Å²) in [5.74, 6) is 0.325. The summed E-state index contributed by atoms with van der Waals surface area (Å²) in [4.78, 5) is 25.5. The van der Waals surface area contributed by atoms with Crippen LogP contribution in [0.5, 0.6) is 0 Å². The van der Waals surface area contributed by atoms with Gasteiger partial charge in [-0.15, -0.1) is 0 Å². The van der Waals surface area contributed by atoms with Crippen molar-refractivity contribution in [2.45, 2.75) is 26.0 Å². The van der Waals surface area contributed by atoms with Gasteiger partial charge in [0.15, 0.2) is 5.60 Å². The number of nitrogens with zero attached hydrogens (tertiary/aromatic N) is 3. The van der Waals surface area contributed by atoms with Gasteiger partial charge in [0.2, 0.25) is 5.91 Å². The van der Waals surface area contributed by atoms with Gasteiger partial charge in [-0.05, 0) is 14.0 Å². The molecular formula is C14H23N5O3. The molecular weight excluding hydrogens is 286 g/mol. The number of carbonyl (C=O) groups excluding carboxylic acids is 2. The first kappa shape index (κ1) is 16.4. The maximum atomic E-state index is 12.3. The molecule has 8 heteroatoms. The fraction of sp³-hybridized carbons (Fsp3) is 0.643. The Morgan fingerprint density at radius 1 is 1.50 bits per heavy atom. The van der Waals surface area contributed by atoms with Crippen molar-refractivity contribution in [3.05, 3.63) is 12.3 Å². The topological polar surface area (TPSA) is 88.5 Å². The molecule has 2 heterocycles. The van der Waals surface area contributed by atoms with Gasteiger partial charge in [-0.1, -0.05) is 0 Å². The summed E-state index contributed by atoms with van der Waals surface area (Å²) in [6.45, 7) is 6.07. The highest BCUT2D eigenvalue weighted by molar-refractivity contribution is 5.87. The molecule has 0 bridgehead atoms. The number of amides is 2. The maximum absolute atomic E-state index is 12.3. The second-order valence-corrected chi connectivity index (χ2v) is 5.69. The summed E-state index contributed by atoms with van der Waals surface area (Å²) < 4.78 is 7.27. The van der Waals surface area contributed by atoms with Crippen LogP contribution in [0.2, 0.25) is 0 Å². The first-order valence-electron chi connectivity index (χ1n) is 7.31. The molecule has 1 atom stereocenters. The van der Waals surface area contributed by atoms with Gasteiger partial charge < -0.3 is 20.3 Å². The average molecular weight is 309 g/mol. The van der Waals surface area contributed by atoms with E-state index in [1.165, 1.54) is 6.92 Å². The van der Waals surface area contributed by atoms with Gasteiger partial charge in [-0.2, -0.15) is 5.10 Å². The Balaban J connectivity index is 1.84. The molecule has 0 saturated carbocycles. The minimum Gasteiger partial charge on any atom is -0.363 e. The summed E-state index contributed by atoms with van der Waals surface area (Å²) in [7, 11) is 1.97. The summed E-state index contributed by atoms with van der Waals surface area (Å²) >= 11 is 0. The molecule has 2 N–H and O–H groups in total. The third kappa shape index (κ3) is 4.05. The van der Waals surface area contributed by atoms with E-state index < -0.39 is 5.60 Å². The van der Waals surface area contributed by atoms with Gasteiger partial charge in [-0.25, -0.2) is 4.68 Å². The lowest BCUT2D eigenvalue weighted by Gasteiger charge is -2.37. The summed E-state index contributed by atoms with van der Waals surface area (Å²) in [6, 6.07) is 1.71. The molecule has 2 rings (SSSR count). The Bertz CT molecular complexity index is 544. The van der Waals surface area contributed by atoms with Gasteiger partial charge >= 0.3 is 0 Å². The molecule has 0 aliphatic carbocycles. The zero-order valence-corrected chi connectivity index (χ0v) is 13.3. The summed E-state index contributed by atoms with van der Waals surface area (Å²) in [5, 5.41) is 9.67. The minimum absolute atomic E-state index is 0.132. The van der Waals surface area contributed by atoms with E-state index in [-0.39, 0.29) is 11.8 Å². The monoisotopic (exact) mass is 309 g/mol. The SMILES string of the molecule is CC(=O)Nc1ccnn1CCNC(=O)[C@@]1(C)CN(C)CCO1. The number of ether oxygens (including phenoxy) is 1. The molecule has 0 aromatic carbocycles. The van der Waals surface area contributed by atoms with Crippen molar-refractivity contribution in [2.75, 3.05) is 38.6 Å². The number of nitrogens with one attached hydrogen (secondary N) is 2. The number of likely N-dealkylation sites (N-methyl/N-ethyl adjacent to an activating group) is 1. The molecule has 1 fully saturated rings. The second kappa shape index (κ2) is 6.89. The van der Waals surface area contributed by atoms with Crippen LogP contribution in [0.1, 0.15) is 13.8 Å². The largest absolute Gasteiger partial charge is 0.363 e. The van der Waals surface area contributed by atoms with Crippen molar-refractivity contribution in [3.8, 4) is 0 Å². The smallest absolute Gasteiger partial charge is 0.253 e. The molecule has 0 spiro atoms. The molecule has 1 aliphatic heterocycles. The van der Waals surface area contributed by atoms with E-state index in [1.54, 1.807) is 23.9 Å². The third-order valence-corrected chi connectivity index (χ3v) is 3.58. The number of hydrogen-bond donors (Lipinski definition) is 2. The molecule has 2 amide bonds. The standard InChI is InChI=1S/C14H23N5O3/c1-11(20)17-12-4-5-16-19(12)7-6-15-13(21)14(2)10-18(3)8-9-22-14/h4-5H,6-10H2,1-3H3,(H,15,21)(H,17,20)/t14-/m1/s1. The second-order valence-electron chi connectivity index (χ2n) is 5.69.